The number of rotatable bonds is 6. The van der Waals surface area contributed by atoms with E-state index >= 15 is 0 Å². The molecule has 3 nitrogen and oxygen atoms in total. The number of carboxylic acids is 1. The van der Waals surface area contributed by atoms with Crippen molar-refractivity contribution in [3.8, 4) is 0 Å². The van der Waals surface area contributed by atoms with E-state index in [0.29, 0.717) is 6.42 Å². The van der Waals surface area contributed by atoms with Crippen LogP contribution in [0.1, 0.15) is 26.2 Å². The van der Waals surface area contributed by atoms with Crippen molar-refractivity contribution in [2.24, 2.45) is 0 Å². The van der Waals surface area contributed by atoms with E-state index in [4.69, 9.17) is 5.11 Å². The highest BCUT2D eigenvalue weighted by atomic mass is 127. The molecule has 88 valence electrons. The molecular formula is C12H16INO2. The third kappa shape index (κ3) is 4.00. The highest BCUT2D eigenvalue weighted by Crippen LogP contribution is 2.19. The molecule has 0 aliphatic carbocycles. The Morgan fingerprint density at radius 2 is 2.19 bits per heavy atom. The molecule has 0 aliphatic heterocycles. The van der Waals surface area contributed by atoms with Gasteiger partial charge in [0.1, 0.15) is 6.04 Å². The second-order valence-electron chi connectivity index (χ2n) is 3.66. The van der Waals surface area contributed by atoms with E-state index in [0.717, 1.165) is 22.1 Å². The number of hydrogen-bond donors (Lipinski definition) is 2. The molecule has 4 heteroatoms. The second kappa shape index (κ2) is 6.73. The van der Waals surface area contributed by atoms with Crippen LogP contribution >= 0.6 is 22.6 Å². The minimum absolute atomic E-state index is 0.490. The number of para-hydroxylation sites is 1. The number of nitrogens with one attached hydrogen (secondary N) is 1. The van der Waals surface area contributed by atoms with Gasteiger partial charge in [0.2, 0.25) is 0 Å². The quantitative estimate of drug-likeness (QED) is 0.785. The monoisotopic (exact) mass is 333 g/mol. The van der Waals surface area contributed by atoms with Crippen molar-refractivity contribution in [2.75, 3.05) is 5.32 Å². The van der Waals surface area contributed by atoms with Gasteiger partial charge in [-0.2, -0.15) is 0 Å². The lowest BCUT2D eigenvalue weighted by molar-refractivity contribution is -0.138. The second-order valence-corrected chi connectivity index (χ2v) is 4.82. The zero-order chi connectivity index (χ0) is 12.0. The summed E-state index contributed by atoms with van der Waals surface area (Å²) in [6, 6.07) is 7.22. The van der Waals surface area contributed by atoms with E-state index in [-0.39, 0.29) is 0 Å². The summed E-state index contributed by atoms with van der Waals surface area (Å²) in [6.45, 7) is 2.06. The predicted molar refractivity (Wildman–Crippen MR) is 73.7 cm³/mol. The number of carbonyl (C=O) groups is 1. The SMILES string of the molecule is CCCCC(Nc1ccccc1I)C(=O)O. The van der Waals surface area contributed by atoms with Crippen LogP contribution < -0.4 is 5.32 Å². The van der Waals surface area contributed by atoms with Crippen molar-refractivity contribution >= 4 is 34.2 Å². The van der Waals surface area contributed by atoms with Crippen LogP contribution in [-0.2, 0) is 4.79 Å². The van der Waals surface area contributed by atoms with Gasteiger partial charge in [-0.05, 0) is 41.1 Å². The fourth-order valence-corrected chi connectivity index (χ4v) is 1.97. The summed E-state index contributed by atoms with van der Waals surface area (Å²) in [5.41, 5.74) is 0.895. The Morgan fingerprint density at radius 3 is 2.75 bits per heavy atom. The summed E-state index contributed by atoms with van der Waals surface area (Å²) in [6.07, 6.45) is 2.60. The summed E-state index contributed by atoms with van der Waals surface area (Å²) in [4.78, 5) is 11.1. The van der Waals surface area contributed by atoms with E-state index in [9.17, 15) is 4.79 Å². The van der Waals surface area contributed by atoms with Gasteiger partial charge in [-0.3, -0.25) is 0 Å². The average Bonchev–Trinajstić information content (AvgIpc) is 2.26. The molecule has 1 aromatic rings. The topological polar surface area (TPSA) is 49.3 Å². The lowest BCUT2D eigenvalue weighted by Gasteiger charge is -2.16. The lowest BCUT2D eigenvalue weighted by atomic mass is 10.1. The number of hydrogen-bond acceptors (Lipinski definition) is 2. The smallest absolute Gasteiger partial charge is 0.326 e. The molecule has 0 fully saturated rings. The van der Waals surface area contributed by atoms with Gasteiger partial charge in [-0.1, -0.05) is 31.9 Å². The summed E-state index contributed by atoms with van der Waals surface area (Å²) >= 11 is 2.20. The molecule has 16 heavy (non-hydrogen) atoms. The van der Waals surface area contributed by atoms with Crippen LogP contribution in [0.4, 0.5) is 5.69 Å². The van der Waals surface area contributed by atoms with Crippen LogP contribution in [0.15, 0.2) is 24.3 Å². The maximum atomic E-state index is 11.1. The number of halogens is 1. The van der Waals surface area contributed by atoms with Crippen LogP contribution in [0, 0.1) is 3.57 Å². The van der Waals surface area contributed by atoms with Gasteiger partial charge in [-0.15, -0.1) is 0 Å². The molecule has 0 saturated carbocycles. The zero-order valence-corrected chi connectivity index (χ0v) is 11.4. The molecule has 0 heterocycles. The molecule has 0 aromatic heterocycles. The molecule has 0 bridgehead atoms. The average molecular weight is 333 g/mol. The molecular weight excluding hydrogens is 317 g/mol. The first-order valence-corrected chi connectivity index (χ1v) is 6.47. The third-order valence-corrected chi connectivity index (χ3v) is 3.29. The van der Waals surface area contributed by atoms with E-state index in [1.54, 1.807) is 0 Å². The number of anilines is 1. The summed E-state index contributed by atoms with van der Waals surface area (Å²) in [5, 5.41) is 12.2. The minimum Gasteiger partial charge on any atom is -0.480 e. The van der Waals surface area contributed by atoms with Crippen molar-refractivity contribution < 1.29 is 9.90 Å². The molecule has 1 unspecified atom stereocenters. The van der Waals surface area contributed by atoms with Crippen molar-refractivity contribution in [3.63, 3.8) is 0 Å². The first kappa shape index (κ1) is 13.3. The van der Waals surface area contributed by atoms with Gasteiger partial charge in [0.15, 0.2) is 0 Å². The Morgan fingerprint density at radius 1 is 1.50 bits per heavy atom. The van der Waals surface area contributed by atoms with Crippen LogP contribution in [0.25, 0.3) is 0 Å². The standard InChI is InChI=1S/C12H16INO2/c1-2-3-7-11(12(15)16)14-10-8-5-4-6-9(10)13/h4-6,8,11,14H,2-3,7H2,1H3,(H,15,16). The highest BCUT2D eigenvalue weighted by Gasteiger charge is 2.16. The fraction of sp³-hybridized carbons (Fsp3) is 0.417. The molecule has 1 rings (SSSR count). The van der Waals surface area contributed by atoms with Crippen LogP contribution in [0.3, 0.4) is 0 Å². The van der Waals surface area contributed by atoms with Gasteiger partial charge in [-0.25, -0.2) is 4.79 Å². The first-order valence-electron chi connectivity index (χ1n) is 5.39. The largest absolute Gasteiger partial charge is 0.480 e. The Hall–Kier alpha value is -0.780. The lowest BCUT2D eigenvalue weighted by Crippen LogP contribution is -2.29. The van der Waals surface area contributed by atoms with Crippen molar-refractivity contribution in [2.45, 2.75) is 32.2 Å². The van der Waals surface area contributed by atoms with Gasteiger partial charge in [0.05, 0.1) is 0 Å². The Labute approximate surface area is 109 Å². The molecule has 1 atom stereocenters. The zero-order valence-electron chi connectivity index (χ0n) is 9.24. The summed E-state index contributed by atoms with van der Waals surface area (Å²) < 4.78 is 1.04. The number of carboxylic acid groups (broad SMARTS) is 1. The third-order valence-electron chi connectivity index (χ3n) is 2.35. The Balaban J connectivity index is 2.68. The van der Waals surface area contributed by atoms with Gasteiger partial charge in [0.25, 0.3) is 0 Å². The van der Waals surface area contributed by atoms with Crippen LogP contribution in [0.5, 0.6) is 0 Å². The van der Waals surface area contributed by atoms with Crippen molar-refractivity contribution in [1.29, 1.82) is 0 Å². The normalized spacial score (nSPS) is 12.1. The van der Waals surface area contributed by atoms with Gasteiger partial charge >= 0.3 is 5.97 Å². The molecule has 0 aliphatic rings. The molecule has 1 aromatic carbocycles. The maximum Gasteiger partial charge on any atom is 0.326 e. The van der Waals surface area contributed by atoms with Crippen LogP contribution in [-0.4, -0.2) is 17.1 Å². The first-order chi connectivity index (χ1) is 7.65. The predicted octanol–water partition coefficient (Wildman–Crippen LogP) is 3.35. The fourth-order valence-electron chi connectivity index (χ4n) is 1.43. The molecule has 0 saturated heterocycles. The number of benzene rings is 1. The Kier molecular flexibility index (Phi) is 5.59. The molecule has 0 amide bonds. The van der Waals surface area contributed by atoms with E-state index in [1.807, 2.05) is 24.3 Å². The molecule has 2 N–H and O–H groups in total. The van der Waals surface area contributed by atoms with Gasteiger partial charge in [0, 0.05) is 9.26 Å². The summed E-state index contributed by atoms with van der Waals surface area (Å²) in [7, 11) is 0. The maximum absolute atomic E-state index is 11.1. The van der Waals surface area contributed by atoms with Crippen molar-refractivity contribution in [3.05, 3.63) is 27.8 Å². The number of unbranched alkanes of at least 4 members (excludes halogenated alkanes) is 1. The van der Waals surface area contributed by atoms with E-state index in [2.05, 4.69) is 34.8 Å². The highest BCUT2D eigenvalue weighted by molar-refractivity contribution is 14.1. The van der Waals surface area contributed by atoms with Crippen molar-refractivity contribution in [1.82, 2.24) is 0 Å². The van der Waals surface area contributed by atoms with E-state index < -0.39 is 12.0 Å². The minimum atomic E-state index is -0.784. The molecule has 0 radical (unpaired) electrons. The van der Waals surface area contributed by atoms with Crippen LogP contribution in [0.2, 0.25) is 0 Å². The molecule has 0 spiro atoms. The summed E-state index contributed by atoms with van der Waals surface area (Å²) in [5.74, 6) is -0.784. The van der Waals surface area contributed by atoms with E-state index in [1.165, 1.54) is 0 Å². The Bertz CT molecular complexity index is 355. The number of aliphatic carboxylic acids is 1. The van der Waals surface area contributed by atoms with Gasteiger partial charge < -0.3 is 10.4 Å².